The molecule has 2 aliphatic rings. The number of halogens is 3. The number of nitrogens with one attached hydrogen (secondary N) is 4. The van der Waals surface area contributed by atoms with Crippen molar-refractivity contribution in [1.82, 2.24) is 31.2 Å². The number of amides is 4. The molecule has 1 aromatic heterocycles. The molecule has 4 amide bonds. The highest BCUT2D eigenvalue weighted by atomic mass is 79.9. The minimum atomic E-state index is -1.40. The lowest BCUT2D eigenvalue weighted by molar-refractivity contribution is -0.137. The third-order valence-corrected chi connectivity index (χ3v) is 7.28. The predicted octanol–water partition coefficient (Wildman–Crippen LogP) is 3.05. The van der Waals surface area contributed by atoms with Crippen molar-refractivity contribution in [3.63, 3.8) is 0 Å². The number of rotatable bonds is 9. The van der Waals surface area contributed by atoms with Crippen LogP contribution < -0.4 is 21.3 Å². The molecule has 11 nitrogen and oxygen atoms in total. The van der Waals surface area contributed by atoms with E-state index in [0.29, 0.717) is 6.54 Å². The first-order valence-electron chi connectivity index (χ1n) is 13.0. The number of imide groups is 1. The van der Waals surface area contributed by atoms with E-state index in [4.69, 9.17) is 9.47 Å². The second kappa shape index (κ2) is 13.9. The fraction of sp³-hybridized carbons (Fsp3) is 0.407. The van der Waals surface area contributed by atoms with Crippen LogP contribution in [0.5, 0.6) is 0 Å². The van der Waals surface area contributed by atoms with Gasteiger partial charge in [-0.05, 0) is 65.1 Å². The number of piperidine rings is 1. The molecule has 2 aromatic rings. The van der Waals surface area contributed by atoms with E-state index >= 15 is 0 Å². The number of ether oxygens (including phenoxy) is 2. The number of carbonyl (C=O) groups is 3. The van der Waals surface area contributed by atoms with Gasteiger partial charge in [0, 0.05) is 26.2 Å². The third kappa shape index (κ3) is 7.25. The van der Waals surface area contributed by atoms with Gasteiger partial charge < -0.3 is 30.7 Å². The molecule has 0 saturated carbocycles. The van der Waals surface area contributed by atoms with Gasteiger partial charge in [-0.2, -0.15) is 0 Å². The summed E-state index contributed by atoms with van der Waals surface area (Å²) in [5.74, 6) is -3.19. The van der Waals surface area contributed by atoms with Crippen molar-refractivity contribution in [2.24, 2.45) is 0 Å². The number of urea groups is 2. The highest BCUT2D eigenvalue weighted by molar-refractivity contribution is 9.10. The molecule has 1 fully saturated rings. The highest BCUT2D eigenvalue weighted by Gasteiger charge is 2.43. The molecule has 14 heteroatoms. The smallest absolute Gasteiger partial charge is 0.338 e. The number of aromatic nitrogens is 1. The van der Waals surface area contributed by atoms with Gasteiger partial charge >= 0.3 is 18.0 Å². The number of hydrogen-bond donors (Lipinski definition) is 4. The fourth-order valence-corrected chi connectivity index (χ4v) is 5.31. The molecule has 1 saturated heterocycles. The summed E-state index contributed by atoms with van der Waals surface area (Å²) in [6.45, 7) is 1.15. The van der Waals surface area contributed by atoms with Gasteiger partial charge in [0.05, 0.1) is 36.7 Å². The van der Waals surface area contributed by atoms with Crippen molar-refractivity contribution >= 4 is 34.0 Å². The van der Waals surface area contributed by atoms with Crippen LogP contribution in [0.25, 0.3) is 0 Å². The summed E-state index contributed by atoms with van der Waals surface area (Å²) >= 11 is 3.40. The molecule has 4 N–H and O–H groups in total. The van der Waals surface area contributed by atoms with Crippen LogP contribution in [-0.4, -0.2) is 74.4 Å². The molecular weight excluding hydrogens is 606 g/mol. The number of benzene rings is 1. The van der Waals surface area contributed by atoms with Crippen LogP contribution in [0.2, 0.25) is 0 Å². The Kier molecular flexibility index (Phi) is 10.4. The molecule has 0 aliphatic carbocycles. The van der Waals surface area contributed by atoms with Crippen LogP contribution in [0, 0.1) is 11.6 Å². The average molecular weight is 637 g/mol. The third-order valence-electron chi connectivity index (χ3n) is 6.84. The summed E-state index contributed by atoms with van der Waals surface area (Å²) in [5, 5.41) is 12.0. The summed E-state index contributed by atoms with van der Waals surface area (Å²) in [6, 6.07) is 5.80. The van der Waals surface area contributed by atoms with Crippen LogP contribution in [0.1, 0.15) is 36.2 Å². The zero-order chi connectivity index (χ0) is 29.5. The predicted molar refractivity (Wildman–Crippen MR) is 147 cm³/mol. The second-order valence-corrected chi connectivity index (χ2v) is 10.3. The maximum atomic E-state index is 14.2. The fourth-order valence-electron chi connectivity index (χ4n) is 4.96. The van der Waals surface area contributed by atoms with Gasteiger partial charge in [-0.25, -0.2) is 33.0 Å². The normalized spacial score (nSPS) is 21.0. The summed E-state index contributed by atoms with van der Waals surface area (Å²) in [5.41, 5.74) is 0.837. The molecule has 220 valence electrons. The standard InChI is InChI=1S/C27H31BrF2N6O5/c1-40-14-21-23(25(37)41-2)24(15-6-7-17(29)18(30)12-15)36(27(39)35-21)26(38)33-11-10-31-16-8-9-32-20(13-16)19-4-3-5-22(28)34-19/h3-7,12,16,20,24,31-32H,8-11,13-14H2,1-2H3,(H,33,38)(H,35,39)/t16?,20?,24-/m0/s1. The molecule has 4 rings (SSSR count). The monoisotopic (exact) mass is 636 g/mol. The van der Waals surface area contributed by atoms with Crippen molar-refractivity contribution in [2.45, 2.75) is 31.0 Å². The highest BCUT2D eigenvalue weighted by Crippen LogP contribution is 2.35. The van der Waals surface area contributed by atoms with Gasteiger partial charge in [-0.1, -0.05) is 12.1 Å². The van der Waals surface area contributed by atoms with Crippen LogP contribution in [0.3, 0.4) is 0 Å². The Hall–Kier alpha value is -3.46. The zero-order valence-electron chi connectivity index (χ0n) is 22.5. The minimum absolute atomic E-state index is 0.00272. The summed E-state index contributed by atoms with van der Waals surface area (Å²) in [4.78, 5) is 44.5. The molecule has 2 aliphatic heterocycles. The molecule has 0 radical (unpaired) electrons. The van der Waals surface area contributed by atoms with Crippen LogP contribution in [0.4, 0.5) is 18.4 Å². The van der Waals surface area contributed by atoms with Crippen LogP contribution >= 0.6 is 15.9 Å². The molecular formula is C27H31BrF2N6O5. The Morgan fingerprint density at radius 2 is 1.98 bits per heavy atom. The molecule has 3 atom stereocenters. The maximum Gasteiger partial charge on any atom is 0.338 e. The van der Waals surface area contributed by atoms with Crippen LogP contribution in [0.15, 0.2) is 52.3 Å². The van der Waals surface area contributed by atoms with E-state index in [1.54, 1.807) is 0 Å². The Balaban J connectivity index is 1.46. The molecule has 41 heavy (non-hydrogen) atoms. The van der Waals surface area contributed by atoms with Gasteiger partial charge in [-0.3, -0.25) is 0 Å². The van der Waals surface area contributed by atoms with Crippen molar-refractivity contribution in [1.29, 1.82) is 0 Å². The first-order chi connectivity index (χ1) is 19.7. The number of carbonyl (C=O) groups excluding carboxylic acids is 3. The van der Waals surface area contributed by atoms with E-state index in [2.05, 4.69) is 42.2 Å². The van der Waals surface area contributed by atoms with Gasteiger partial charge in [0.25, 0.3) is 0 Å². The van der Waals surface area contributed by atoms with Crippen molar-refractivity contribution in [2.75, 3.05) is 40.5 Å². The molecule has 3 heterocycles. The molecule has 0 spiro atoms. The Labute approximate surface area is 244 Å². The van der Waals surface area contributed by atoms with E-state index in [0.717, 1.165) is 53.8 Å². The number of methoxy groups -OCH3 is 2. The number of pyridine rings is 1. The van der Waals surface area contributed by atoms with Gasteiger partial charge in [-0.15, -0.1) is 0 Å². The quantitative estimate of drug-likeness (QED) is 0.188. The Morgan fingerprint density at radius 1 is 1.17 bits per heavy atom. The topological polar surface area (TPSA) is 134 Å². The Morgan fingerprint density at radius 3 is 2.68 bits per heavy atom. The summed E-state index contributed by atoms with van der Waals surface area (Å²) in [7, 11) is 2.49. The first kappa shape index (κ1) is 30.5. The van der Waals surface area contributed by atoms with Crippen molar-refractivity contribution in [3.05, 3.63) is 75.2 Å². The minimum Gasteiger partial charge on any atom is -0.466 e. The van der Waals surface area contributed by atoms with Crippen LogP contribution in [-0.2, 0) is 14.3 Å². The lowest BCUT2D eigenvalue weighted by atomic mass is 9.93. The number of esters is 1. The van der Waals surface area contributed by atoms with E-state index in [1.807, 2.05) is 18.2 Å². The lowest BCUT2D eigenvalue weighted by Gasteiger charge is -2.36. The van der Waals surface area contributed by atoms with Crippen molar-refractivity contribution in [3.8, 4) is 0 Å². The van der Waals surface area contributed by atoms with E-state index in [-0.39, 0.29) is 42.1 Å². The van der Waals surface area contributed by atoms with Gasteiger partial charge in [0.1, 0.15) is 10.6 Å². The average Bonchev–Trinajstić information content (AvgIpc) is 2.96. The van der Waals surface area contributed by atoms with Gasteiger partial charge in [0.15, 0.2) is 11.6 Å². The van der Waals surface area contributed by atoms with Gasteiger partial charge in [0.2, 0.25) is 0 Å². The molecule has 1 aromatic carbocycles. The second-order valence-electron chi connectivity index (χ2n) is 9.49. The lowest BCUT2D eigenvalue weighted by Crippen LogP contribution is -2.56. The van der Waals surface area contributed by atoms with Crippen molar-refractivity contribution < 1.29 is 32.6 Å². The number of hydrogen-bond acceptors (Lipinski definition) is 8. The molecule has 2 unspecified atom stereocenters. The first-order valence-corrected chi connectivity index (χ1v) is 13.7. The summed E-state index contributed by atoms with van der Waals surface area (Å²) in [6.07, 6.45) is 1.67. The largest absolute Gasteiger partial charge is 0.466 e. The van der Waals surface area contributed by atoms with E-state index in [9.17, 15) is 23.2 Å². The van der Waals surface area contributed by atoms with E-state index < -0.39 is 35.7 Å². The zero-order valence-corrected chi connectivity index (χ0v) is 24.1. The maximum absolute atomic E-state index is 14.2. The molecule has 0 bridgehead atoms. The number of nitrogens with zero attached hydrogens (tertiary/aromatic N) is 2. The summed E-state index contributed by atoms with van der Waals surface area (Å²) < 4.78 is 38.7. The Bertz CT molecular complexity index is 1330. The van der Waals surface area contributed by atoms with E-state index in [1.165, 1.54) is 13.2 Å². The SMILES string of the molecule is COCC1=C(C(=O)OC)[C@H](c2ccc(F)c(F)c2)N(C(=O)NCCNC2CCNC(c3cccc(Br)n3)C2)C(=O)N1.